The van der Waals surface area contributed by atoms with Crippen LogP contribution in [0.25, 0.3) is 0 Å². The Morgan fingerprint density at radius 3 is 2.89 bits per heavy atom. The van der Waals surface area contributed by atoms with Gasteiger partial charge in [-0.3, -0.25) is 0 Å². The first-order valence-corrected chi connectivity index (χ1v) is 7.37. The van der Waals surface area contributed by atoms with Crippen molar-refractivity contribution < 1.29 is 4.74 Å². The molecule has 4 heteroatoms. The number of nitrogens with one attached hydrogen (secondary N) is 1. The summed E-state index contributed by atoms with van der Waals surface area (Å²) >= 11 is 0. The number of nitrogens with zero attached hydrogens (tertiary/aromatic N) is 2. The van der Waals surface area contributed by atoms with Crippen LogP contribution in [0.3, 0.4) is 0 Å². The monoisotopic (exact) mass is 263 g/mol. The summed E-state index contributed by atoms with van der Waals surface area (Å²) in [6.45, 7) is 6.99. The Labute approximate surface area is 116 Å². The van der Waals surface area contributed by atoms with Crippen molar-refractivity contribution in [1.82, 2.24) is 10.3 Å². The van der Waals surface area contributed by atoms with E-state index in [1.165, 1.54) is 12.8 Å². The topological polar surface area (TPSA) is 37.4 Å². The van der Waals surface area contributed by atoms with E-state index < -0.39 is 0 Å². The first-order chi connectivity index (χ1) is 9.40. The van der Waals surface area contributed by atoms with Crippen molar-refractivity contribution in [3.63, 3.8) is 0 Å². The van der Waals surface area contributed by atoms with Gasteiger partial charge in [-0.25, -0.2) is 4.98 Å². The maximum atomic E-state index is 5.34. The van der Waals surface area contributed by atoms with E-state index in [-0.39, 0.29) is 0 Å². The lowest BCUT2D eigenvalue weighted by molar-refractivity contribution is 0.143. The lowest BCUT2D eigenvalue weighted by Crippen LogP contribution is -2.43. The molecule has 1 aliphatic rings. The summed E-state index contributed by atoms with van der Waals surface area (Å²) in [4.78, 5) is 6.79. The van der Waals surface area contributed by atoms with Gasteiger partial charge in [-0.15, -0.1) is 0 Å². The summed E-state index contributed by atoms with van der Waals surface area (Å²) in [6.07, 6.45) is 5.37. The van der Waals surface area contributed by atoms with Gasteiger partial charge in [-0.2, -0.15) is 0 Å². The number of ether oxygens (including phenoxy) is 1. The molecule has 1 aromatic heterocycles. The molecular weight excluding hydrogens is 238 g/mol. The molecule has 2 heterocycles. The van der Waals surface area contributed by atoms with E-state index in [0.717, 1.165) is 45.1 Å². The number of anilines is 1. The molecule has 0 spiro atoms. The van der Waals surface area contributed by atoms with Gasteiger partial charge < -0.3 is 15.0 Å². The van der Waals surface area contributed by atoms with E-state index in [0.29, 0.717) is 6.04 Å². The van der Waals surface area contributed by atoms with Crippen molar-refractivity contribution in [3.05, 3.63) is 24.4 Å². The van der Waals surface area contributed by atoms with Gasteiger partial charge in [0, 0.05) is 38.5 Å². The zero-order chi connectivity index (χ0) is 13.3. The molecular formula is C15H25N3O. The molecule has 1 fully saturated rings. The van der Waals surface area contributed by atoms with Crippen LogP contribution in [-0.4, -0.2) is 43.9 Å². The summed E-state index contributed by atoms with van der Waals surface area (Å²) in [5.41, 5.74) is 0. The molecule has 106 valence electrons. The minimum atomic E-state index is 0.654. The predicted molar refractivity (Wildman–Crippen MR) is 78.6 cm³/mol. The molecule has 4 nitrogen and oxygen atoms in total. The number of rotatable bonds is 7. The quantitative estimate of drug-likeness (QED) is 0.764. The number of hydrogen-bond acceptors (Lipinski definition) is 4. The highest BCUT2D eigenvalue weighted by Crippen LogP contribution is 2.17. The van der Waals surface area contributed by atoms with Crippen LogP contribution < -0.4 is 10.2 Å². The maximum Gasteiger partial charge on any atom is 0.128 e. The van der Waals surface area contributed by atoms with Crippen LogP contribution in [0.1, 0.15) is 26.2 Å². The van der Waals surface area contributed by atoms with E-state index in [1.54, 1.807) is 0 Å². The van der Waals surface area contributed by atoms with Crippen LogP contribution >= 0.6 is 0 Å². The van der Waals surface area contributed by atoms with Crippen molar-refractivity contribution in [1.29, 1.82) is 0 Å². The van der Waals surface area contributed by atoms with Gasteiger partial charge in [0.1, 0.15) is 5.82 Å². The lowest BCUT2D eigenvalue weighted by Gasteiger charge is -2.33. The highest BCUT2D eigenvalue weighted by Gasteiger charge is 2.19. The molecule has 2 rings (SSSR count). The van der Waals surface area contributed by atoms with E-state index in [2.05, 4.69) is 27.3 Å². The molecule has 0 saturated carbocycles. The smallest absolute Gasteiger partial charge is 0.128 e. The van der Waals surface area contributed by atoms with Crippen molar-refractivity contribution in [2.24, 2.45) is 0 Å². The van der Waals surface area contributed by atoms with E-state index in [9.17, 15) is 0 Å². The molecule has 0 atom stereocenters. The minimum absolute atomic E-state index is 0.654. The normalized spacial score (nSPS) is 16.8. The van der Waals surface area contributed by atoms with Crippen molar-refractivity contribution >= 4 is 5.82 Å². The van der Waals surface area contributed by atoms with Gasteiger partial charge >= 0.3 is 0 Å². The summed E-state index contributed by atoms with van der Waals surface area (Å²) in [7, 11) is 0. The van der Waals surface area contributed by atoms with Gasteiger partial charge in [0.25, 0.3) is 0 Å². The van der Waals surface area contributed by atoms with Gasteiger partial charge in [0.15, 0.2) is 0 Å². The largest absolute Gasteiger partial charge is 0.382 e. The third-order valence-electron chi connectivity index (χ3n) is 3.57. The van der Waals surface area contributed by atoms with Crippen molar-refractivity contribution in [2.75, 3.05) is 37.7 Å². The zero-order valence-electron chi connectivity index (χ0n) is 11.8. The minimum Gasteiger partial charge on any atom is -0.382 e. The third kappa shape index (κ3) is 4.80. The van der Waals surface area contributed by atoms with Crippen LogP contribution in [0.15, 0.2) is 24.4 Å². The SMILES string of the molecule is CCOCCCNC1CCN(c2ccccn2)CC1. The fraction of sp³-hybridized carbons (Fsp3) is 0.667. The molecule has 1 aromatic rings. The fourth-order valence-electron chi connectivity index (χ4n) is 2.48. The second kappa shape index (κ2) is 8.12. The summed E-state index contributed by atoms with van der Waals surface area (Å²) < 4.78 is 5.34. The summed E-state index contributed by atoms with van der Waals surface area (Å²) in [5, 5.41) is 3.63. The highest BCUT2D eigenvalue weighted by atomic mass is 16.5. The Morgan fingerprint density at radius 2 is 2.21 bits per heavy atom. The van der Waals surface area contributed by atoms with E-state index >= 15 is 0 Å². The average Bonchev–Trinajstić information content (AvgIpc) is 2.49. The first-order valence-electron chi connectivity index (χ1n) is 7.37. The first kappa shape index (κ1) is 14.3. The standard InChI is InChI=1S/C15H25N3O/c1-2-19-13-5-10-16-14-7-11-18(12-8-14)15-6-3-4-9-17-15/h3-4,6,9,14,16H,2,5,7-8,10-13H2,1H3. The molecule has 0 aliphatic carbocycles. The zero-order valence-corrected chi connectivity index (χ0v) is 11.8. The molecule has 19 heavy (non-hydrogen) atoms. The fourth-order valence-corrected chi connectivity index (χ4v) is 2.48. The molecule has 1 saturated heterocycles. The Hall–Kier alpha value is -1.13. The van der Waals surface area contributed by atoms with E-state index in [4.69, 9.17) is 4.74 Å². The molecule has 1 aliphatic heterocycles. The lowest BCUT2D eigenvalue weighted by atomic mass is 10.0. The Kier molecular flexibility index (Phi) is 6.11. The molecule has 1 N–H and O–H groups in total. The highest BCUT2D eigenvalue weighted by molar-refractivity contribution is 5.38. The van der Waals surface area contributed by atoms with Gasteiger partial charge in [-0.05, 0) is 44.9 Å². The predicted octanol–water partition coefficient (Wildman–Crippen LogP) is 2.07. The molecule has 0 bridgehead atoms. The van der Waals surface area contributed by atoms with Crippen LogP contribution in [0.5, 0.6) is 0 Å². The number of pyridine rings is 1. The van der Waals surface area contributed by atoms with Crippen LogP contribution in [0.2, 0.25) is 0 Å². The molecule has 0 aromatic carbocycles. The van der Waals surface area contributed by atoms with Crippen molar-refractivity contribution in [3.8, 4) is 0 Å². The summed E-state index contributed by atoms with van der Waals surface area (Å²) in [5.74, 6) is 1.11. The maximum absolute atomic E-state index is 5.34. The molecule has 0 amide bonds. The second-order valence-corrected chi connectivity index (χ2v) is 4.95. The Bertz CT molecular complexity index is 337. The number of piperidine rings is 1. The number of hydrogen-bond donors (Lipinski definition) is 1. The Morgan fingerprint density at radius 1 is 1.37 bits per heavy atom. The van der Waals surface area contributed by atoms with E-state index in [1.807, 2.05) is 19.2 Å². The third-order valence-corrected chi connectivity index (χ3v) is 3.57. The molecule has 0 radical (unpaired) electrons. The van der Waals surface area contributed by atoms with Gasteiger partial charge in [-0.1, -0.05) is 6.07 Å². The van der Waals surface area contributed by atoms with Gasteiger partial charge in [0.2, 0.25) is 0 Å². The summed E-state index contributed by atoms with van der Waals surface area (Å²) in [6, 6.07) is 6.77. The molecule has 0 unspecified atom stereocenters. The van der Waals surface area contributed by atoms with Gasteiger partial charge in [0.05, 0.1) is 0 Å². The second-order valence-electron chi connectivity index (χ2n) is 4.95. The van der Waals surface area contributed by atoms with Crippen LogP contribution in [0, 0.1) is 0 Å². The Balaban J connectivity index is 1.63. The van der Waals surface area contributed by atoms with Crippen molar-refractivity contribution in [2.45, 2.75) is 32.2 Å². The van der Waals surface area contributed by atoms with Crippen LogP contribution in [0.4, 0.5) is 5.82 Å². The number of aromatic nitrogens is 1. The van der Waals surface area contributed by atoms with Crippen LogP contribution in [-0.2, 0) is 4.74 Å². The average molecular weight is 263 g/mol.